The van der Waals surface area contributed by atoms with Crippen LogP contribution in [0.4, 0.5) is 0 Å². The lowest BCUT2D eigenvalue weighted by Gasteiger charge is -2.03. The Bertz CT molecular complexity index is 620. The molecule has 1 heterocycles. The van der Waals surface area contributed by atoms with Crippen LogP contribution in [0.15, 0.2) is 30.3 Å². The lowest BCUT2D eigenvalue weighted by molar-refractivity contribution is -0.131. The molecule has 0 spiro atoms. The van der Waals surface area contributed by atoms with Crippen LogP contribution < -0.4 is 0 Å². The number of carboxylic acids is 1. The summed E-state index contributed by atoms with van der Waals surface area (Å²) < 4.78 is 0. The van der Waals surface area contributed by atoms with Gasteiger partial charge in [0.15, 0.2) is 0 Å². The summed E-state index contributed by atoms with van der Waals surface area (Å²) in [6.07, 6.45) is 2.54. The first-order valence-corrected chi connectivity index (χ1v) is 5.42. The Labute approximate surface area is 103 Å². The first-order valence-electron chi connectivity index (χ1n) is 5.04. The molecule has 0 fully saturated rings. The van der Waals surface area contributed by atoms with Gasteiger partial charge < -0.3 is 5.11 Å². The van der Waals surface area contributed by atoms with Crippen LogP contribution in [-0.4, -0.2) is 16.1 Å². The van der Waals surface area contributed by atoms with Gasteiger partial charge in [-0.15, -0.1) is 0 Å². The van der Waals surface area contributed by atoms with Crippen LogP contribution in [-0.2, 0) is 4.79 Å². The summed E-state index contributed by atoms with van der Waals surface area (Å²) in [4.78, 5) is 14.8. The summed E-state index contributed by atoms with van der Waals surface area (Å²) >= 11 is 6.05. The van der Waals surface area contributed by atoms with Gasteiger partial charge in [-0.2, -0.15) is 0 Å². The first-order chi connectivity index (χ1) is 8.06. The standard InChI is InChI=1S/C13H10ClNO2/c1-8-2-3-10-6-9(4-5-13(16)17)11(14)7-12(10)15-8/h2-7H,1H3,(H,16,17)/b5-4+. The molecule has 0 radical (unpaired) electrons. The lowest BCUT2D eigenvalue weighted by atomic mass is 10.1. The van der Waals surface area contributed by atoms with Gasteiger partial charge in [-0.25, -0.2) is 4.79 Å². The van der Waals surface area contributed by atoms with E-state index in [0.717, 1.165) is 22.7 Å². The van der Waals surface area contributed by atoms with E-state index < -0.39 is 5.97 Å². The molecule has 1 aromatic carbocycles. The topological polar surface area (TPSA) is 50.2 Å². The second-order valence-electron chi connectivity index (χ2n) is 3.69. The molecule has 0 saturated heterocycles. The SMILES string of the molecule is Cc1ccc2cc(/C=C/C(=O)O)c(Cl)cc2n1. The van der Waals surface area contributed by atoms with Gasteiger partial charge >= 0.3 is 5.97 Å². The Morgan fingerprint density at radius 2 is 2.18 bits per heavy atom. The molecule has 0 aliphatic rings. The van der Waals surface area contributed by atoms with E-state index in [2.05, 4.69) is 4.98 Å². The van der Waals surface area contributed by atoms with Gasteiger partial charge in [-0.05, 0) is 36.8 Å². The van der Waals surface area contributed by atoms with Crippen molar-refractivity contribution in [2.45, 2.75) is 6.92 Å². The fraction of sp³-hybridized carbons (Fsp3) is 0.0769. The number of carbonyl (C=O) groups is 1. The van der Waals surface area contributed by atoms with Gasteiger partial charge in [0, 0.05) is 22.2 Å². The van der Waals surface area contributed by atoms with Crippen molar-refractivity contribution in [3.8, 4) is 0 Å². The molecule has 2 aromatic rings. The highest BCUT2D eigenvalue weighted by atomic mass is 35.5. The number of nitrogens with zero attached hydrogens (tertiary/aromatic N) is 1. The maximum atomic E-state index is 10.4. The minimum Gasteiger partial charge on any atom is -0.478 e. The van der Waals surface area contributed by atoms with Crippen molar-refractivity contribution < 1.29 is 9.90 Å². The smallest absolute Gasteiger partial charge is 0.328 e. The predicted molar refractivity (Wildman–Crippen MR) is 68.2 cm³/mol. The van der Waals surface area contributed by atoms with Crippen LogP contribution in [0.5, 0.6) is 0 Å². The maximum Gasteiger partial charge on any atom is 0.328 e. The Balaban J connectivity index is 2.55. The maximum absolute atomic E-state index is 10.4. The average Bonchev–Trinajstić information content (AvgIpc) is 2.26. The second kappa shape index (κ2) is 4.55. The van der Waals surface area contributed by atoms with E-state index in [-0.39, 0.29) is 0 Å². The molecule has 0 atom stereocenters. The molecule has 2 rings (SSSR count). The van der Waals surface area contributed by atoms with Crippen LogP contribution in [0, 0.1) is 6.92 Å². The Morgan fingerprint density at radius 1 is 1.41 bits per heavy atom. The van der Waals surface area contributed by atoms with Crippen molar-refractivity contribution >= 4 is 34.5 Å². The number of aryl methyl sites for hydroxylation is 1. The summed E-state index contributed by atoms with van der Waals surface area (Å²) in [7, 11) is 0. The van der Waals surface area contributed by atoms with Gasteiger partial charge in [-0.3, -0.25) is 4.98 Å². The van der Waals surface area contributed by atoms with Crippen molar-refractivity contribution in [1.82, 2.24) is 4.98 Å². The van der Waals surface area contributed by atoms with Gasteiger partial charge in [-0.1, -0.05) is 17.7 Å². The third-order valence-corrected chi connectivity index (χ3v) is 2.68. The molecule has 0 aliphatic carbocycles. The fourth-order valence-electron chi connectivity index (χ4n) is 1.55. The summed E-state index contributed by atoms with van der Waals surface area (Å²) in [5, 5.41) is 10.0. The molecule has 86 valence electrons. The molecule has 0 amide bonds. The van der Waals surface area contributed by atoms with E-state index in [0.29, 0.717) is 10.6 Å². The summed E-state index contributed by atoms with van der Waals surface area (Å²) in [5.74, 6) is -0.997. The minimum absolute atomic E-state index is 0.494. The lowest BCUT2D eigenvalue weighted by Crippen LogP contribution is -1.88. The first kappa shape index (κ1) is 11.6. The number of fused-ring (bicyclic) bond motifs is 1. The number of rotatable bonds is 2. The number of benzene rings is 1. The highest BCUT2D eigenvalue weighted by Crippen LogP contribution is 2.24. The Morgan fingerprint density at radius 3 is 2.88 bits per heavy atom. The van der Waals surface area contributed by atoms with Crippen LogP contribution in [0.1, 0.15) is 11.3 Å². The van der Waals surface area contributed by atoms with Crippen molar-refractivity contribution in [1.29, 1.82) is 0 Å². The average molecular weight is 248 g/mol. The fourth-order valence-corrected chi connectivity index (χ4v) is 1.77. The number of aromatic nitrogens is 1. The molecule has 0 bridgehead atoms. The van der Waals surface area contributed by atoms with Crippen LogP contribution in [0.2, 0.25) is 5.02 Å². The largest absolute Gasteiger partial charge is 0.478 e. The van der Waals surface area contributed by atoms with Gasteiger partial charge in [0.05, 0.1) is 5.52 Å². The molecule has 0 unspecified atom stereocenters. The van der Waals surface area contributed by atoms with Crippen LogP contribution in [0.25, 0.3) is 17.0 Å². The zero-order valence-corrected chi connectivity index (χ0v) is 9.90. The molecular weight excluding hydrogens is 238 g/mol. The highest BCUT2D eigenvalue weighted by Gasteiger charge is 2.02. The molecule has 1 aromatic heterocycles. The second-order valence-corrected chi connectivity index (χ2v) is 4.10. The Kier molecular flexibility index (Phi) is 3.11. The van der Waals surface area contributed by atoms with E-state index in [4.69, 9.17) is 16.7 Å². The van der Waals surface area contributed by atoms with Crippen LogP contribution in [0.3, 0.4) is 0 Å². The van der Waals surface area contributed by atoms with E-state index in [1.807, 2.05) is 25.1 Å². The minimum atomic E-state index is -0.997. The number of aliphatic carboxylic acids is 1. The molecule has 4 heteroatoms. The van der Waals surface area contributed by atoms with Crippen molar-refractivity contribution in [3.63, 3.8) is 0 Å². The van der Waals surface area contributed by atoms with Crippen molar-refractivity contribution in [3.05, 3.63) is 46.6 Å². The van der Waals surface area contributed by atoms with E-state index in [1.54, 1.807) is 6.07 Å². The zero-order chi connectivity index (χ0) is 12.4. The summed E-state index contributed by atoms with van der Waals surface area (Å²) in [5.41, 5.74) is 2.40. The molecular formula is C13H10ClNO2. The molecule has 17 heavy (non-hydrogen) atoms. The van der Waals surface area contributed by atoms with Gasteiger partial charge in [0.1, 0.15) is 0 Å². The van der Waals surface area contributed by atoms with E-state index >= 15 is 0 Å². The van der Waals surface area contributed by atoms with Crippen molar-refractivity contribution in [2.75, 3.05) is 0 Å². The molecule has 1 N–H and O–H groups in total. The monoisotopic (exact) mass is 247 g/mol. The van der Waals surface area contributed by atoms with Gasteiger partial charge in [0.25, 0.3) is 0 Å². The van der Waals surface area contributed by atoms with E-state index in [9.17, 15) is 4.79 Å². The number of halogens is 1. The molecule has 0 aliphatic heterocycles. The highest BCUT2D eigenvalue weighted by molar-refractivity contribution is 6.32. The number of hydrogen-bond acceptors (Lipinski definition) is 2. The summed E-state index contributed by atoms with van der Waals surface area (Å²) in [6.45, 7) is 1.91. The molecule has 0 saturated carbocycles. The zero-order valence-electron chi connectivity index (χ0n) is 9.14. The normalized spacial score (nSPS) is 11.2. The number of carboxylic acid groups (broad SMARTS) is 1. The third-order valence-electron chi connectivity index (χ3n) is 2.35. The summed E-state index contributed by atoms with van der Waals surface area (Å²) in [6, 6.07) is 7.40. The third kappa shape index (κ3) is 2.63. The predicted octanol–water partition coefficient (Wildman–Crippen LogP) is 3.29. The number of hydrogen-bond donors (Lipinski definition) is 1. The molecule has 3 nitrogen and oxygen atoms in total. The van der Waals surface area contributed by atoms with Gasteiger partial charge in [0.2, 0.25) is 0 Å². The Hall–Kier alpha value is -1.87. The number of pyridine rings is 1. The van der Waals surface area contributed by atoms with Crippen LogP contribution >= 0.6 is 11.6 Å². The quantitative estimate of drug-likeness (QED) is 0.829. The van der Waals surface area contributed by atoms with Crippen molar-refractivity contribution in [2.24, 2.45) is 0 Å². The van der Waals surface area contributed by atoms with E-state index in [1.165, 1.54) is 6.08 Å².